The van der Waals surface area contributed by atoms with Gasteiger partial charge >= 0.3 is 5.97 Å². The van der Waals surface area contributed by atoms with E-state index in [4.69, 9.17) is 22.4 Å². The van der Waals surface area contributed by atoms with Gasteiger partial charge in [0, 0.05) is 10.4 Å². The summed E-state index contributed by atoms with van der Waals surface area (Å²) in [5, 5.41) is 9.51. The maximum atomic E-state index is 10.8. The van der Waals surface area contributed by atoms with Crippen molar-refractivity contribution in [2.45, 2.75) is 25.3 Å². The summed E-state index contributed by atoms with van der Waals surface area (Å²) < 4.78 is 0. The molecule has 0 aliphatic carbocycles. The average Bonchev–Trinajstić information content (AvgIpc) is 2.17. The summed E-state index contributed by atoms with van der Waals surface area (Å²) in [6.45, 7) is 3.60. The zero-order valence-corrected chi connectivity index (χ0v) is 9.45. The van der Waals surface area contributed by atoms with E-state index in [0.29, 0.717) is 5.02 Å². The van der Waals surface area contributed by atoms with Gasteiger partial charge in [0.25, 0.3) is 0 Å². The van der Waals surface area contributed by atoms with Crippen LogP contribution < -0.4 is 5.73 Å². The molecule has 1 aromatic rings. The lowest BCUT2D eigenvalue weighted by Gasteiger charge is -2.29. The predicted octanol–water partition coefficient (Wildman–Crippen LogP) is 2.03. The molecule has 3 nitrogen and oxygen atoms in total. The minimum Gasteiger partial charge on any atom is -0.480 e. The van der Waals surface area contributed by atoms with Gasteiger partial charge in [0.1, 0.15) is 6.04 Å². The van der Waals surface area contributed by atoms with Crippen molar-refractivity contribution in [3.05, 3.63) is 34.9 Å². The standard InChI is InChI=1S/C11H14ClNO2/c1-11(2,9(13)10(14)15)7-3-5-8(12)6-4-7/h3-6,9H,13H2,1-2H3,(H,14,15). The molecule has 15 heavy (non-hydrogen) atoms. The van der Waals surface area contributed by atoms with Crippen LogP contribution in [0.3, 0.4) is 0 Å². The Bertz CT molecular complexity index is 359. The van der Waals surface area contributed by atoms with Crippen molar-refractivity contribution in [2.24, 2.45) is 5.73 Å². The second-order valence-electron chi connectivity index (χ2n) is 4.04. The Morgan fingerprint density at radius 1 is 1.40 bits per heavy atom. The Kier molecular flexibility index (Phi) is 3.37. The second-order valence-corrected chi connectivity index (χ2v) is 4.48. The zero-order chi connectivity index (χ0) is 11.6. The third-order valence-electron chi connectivity index (χ3n) is 2.63. The van der Waals surface area contributed by atoms with Gasteiger partial charge in [0.05, 0.1) is 0 Å². The molecule has 0 radical (unpaired) electrons. The predicted molar refractivity (Wildman–Crippen MR) is 60.1 cm³/mol. The zero-order valence-electron chi connectivity index (χ0n) is 8.70. The lowest BCUT2D eigenvalue weighted by molar-refractivity contribution is -0.140. The van der Waals surface area contributed by atoms with Gasteiger partial charge in [-0.25, -0.2) is 0 Å². The van der Waals surface area contributed by atoms with Crippen LogP contribution in [-0.2, 0) is 10.2 Å². The molecule has 0 aliphatic rings. The molecular weight excluding hydrogens is 214 g/mol. The summed E-state index contributed by atoms with van der Waals surface area (Å²) >= 11 is 5.76. The minimum absolute atomic E-state index is 0.615. The van der Waals surface area contributed by atoms with Crippen LogP contribution in [0.1, 0.15) is 19.4 Å². The first-order valence-electron chi connectivity index (χ1n) is 4.60. The molecule has 0 saturated heterocycles. The maximum absolute atomic E-state index is 10.8. The number of nitrogens with two attached hydrogens (primary N) is 1. The Balaban J connectivity index is 3.05. The highest BCUT2D eigenvalue weighted by molar-refractivity contribution is 6.30. The Morgan fingerprint density at radius 2 is 1.87 bits per heavy atom. The second kappa shape index (κ2) is 4.21. The Hall–Kier alpha value is -1.06. The van der Waals surface area contributed by atoms with Crippen LogP contribution in [0.25, 0.3) is 0 Å². The van der Waals surface area contributed by atoms with Crippen LogP contribution in [0.2, 0.25) is 5.02 Å². The highest BCUT2D eigenvalue weighted by Crippen LogP contribution is 2.27. The van der Waals surface area contributed by atoms with Gasteiger partial charge in [0.15, 0.2) is 0 Å². The van der Waals surface area contributed by atoms with E-state index >= 15 is 0 Å². The number of aliphatic carboxylic acids is 1. The van der Waals surface area contributed by atoms with E-state index in [1.165, 1.54) is 0 Å². The first-order valence-corrected chi connectivity index (χ1v) is 4.98. The van der Waals surface area contributed by atoms with Crippen LogP contribution >= 0.6 is 11.6 Å². The van der Waals surface area contributed by atoms with Crippen LogP contribution in [0.4, 0.5) is 0 Å². The highest BCUT2D eigenvalue weighted by Gasteiger charge is 2.33. The van der Waals surface area contributed by atoms with Crippen molar-refractivity contribution in [1.29, 1.82) is 0 Å². The van der Waals surface area contributed by atoms with Crippen molar-refractivity contribution in [1.82, 2.24) is 0 Å². The van der Waals surface area contributed by atoms with Gasteiger partial charge in [-0.3, -0.25) is 4.79 Å². The molecule has 0 amide bonds. The van der Waals surface area contributed by atoms with Crippen molar-refractivity contribution in [3.63, 3.8) is 0 Å². The number of halogens is 1. The smallest absolute Gasteiger partial charge is 0.321 e. The molecule has 1 atom stereocenters. The van der Waals surface area contributed by atoms with Crippen LogP contribution in [0.15, 0.2) is 24.3 Å². The van der Waals surface area contributed by atoms with Crippen LogP contribution in [0, 0.1) is 0 Å². The molecular formula is C11H14ClNO2. The van der Waals surface area contributed by atoms with E-state index in [-0.39, 0.29) is 0 Å². The summed E-state index contributed by atoms with van der Waals surface area (Å²) in [6, 6.07) is 6.12. The molecule has 0 saturated carbocycles. The number of hydrogen-bond acceptors (Lipinski definition) is 2. The first-order chi connectivity index (χ1) is 6.85. The van der Waals surface area contributed by atoms with E-state index < -0.39 is 17.4 Å². The molecule has 4 heteroatoms. The van der Waals surface area contributed by atoms with E-state index in [9.17, 15) is 4.79 Å². The fraction of sp³-hybridized carbons (Fsp3) is 0.364. The Labute approximate surface area is 93.9 Å². The summed E-state index contributed by atoms with van der Waals surface area (Å²) in [4.78, 5) is 10.8. The average molecular weight is 228 g/mol. The van der Waals surface area contributed by atoms with E-state index in [1.54, 1.807) is 38.1 Å². The molecule has 1 unspecified atom stereocenters. The van der Waals surface area contributed by atoms with E-state index in [0.717, 1.165) is 5.56 Å². The lowest BCUT2D eigenvalue weighted by atomic mass is 9.78. The Morgan fingerprint density at radius 3 is 2.27 bits per heavy atom. The molecule has 1 rings (SSSR count). The number of benzene rings is 1. The third-order valence-corrected chi connectivity index (χ3v) is 2.88. The number of carboxylic acids is 1. The molecule has 0 heterocycles. The third kappa shape index (κ3) is 2.49. The fourth-order valence-electron chi connectivity index (χ4n) is 1.37. The molecule has 1 aromatic carbocycles. The van der Waals surface area contributed by atoms with Crippen molar-refractivity contribution in [3.8, 4) is 0 Å². The number of hydrogen-bond donors (Lipinski definition) is 2. The van der Waals surface area contributed by atoms with Gasteiger partial charge < -0.3 is 10.8 Å². The summed E-state index contributed by atoms with van der Waals surface area (Å²) in [6.07, 6.45) is 0. The van der Waals surface area contributed by atoms with Crippen molar-refractivity contribution < 1.29 is 9.90 Å². The summed E-state index contributed by atoms with van der Waals surface area (Å²) in [5.74, 6) is -1.00. The largest absolute Gasteiger partial charge is 0.480 e. The molecule has 0 fully saturated rings. The van der Waals surface area contributed by atoms with Crippen LogP contribution in [0.5, 0.6) is 0 Å². The fourth-order valence-corrected chi connectivity index (χ4v) is 1.49. The quantitative estimate of drug-likeness (QED) is 0.831. The van der Waals surface area contributed by atoms with Gasteiger partial charge in [-0.15, -0.1) is 0 Å². The van der Waals surface area contributed by atoms with Gasteiger partial charge in [0.2, 0.25) is 0 Å². The summed E-state index contributed by atoms with van der Waals surface area (Å²) in [5.41, 5.74) is 5.88. The monoisotopic (exact) mass is 227 g/mol. The van der Waals surface area contributed by atoms with Crippen molar-refractivity contribution >= 4 is 17.6 Å². The minimum atomic E-state index is -1.00. The number of rotatable bonds is 3. The molecule has 3 N–H and O–H groups in total. The number of carboxylic acid groups (broad SMARTS) is 1. The molecule has 0 bridgehead atoms. The highest BCUT2D eigenvalue weighted by atomic mass is 35.5. The topological polar surface area (TPSA) is 63.3 Å². The molecule has 0 aliphatic heterocycles. The van der Waals surface area contributed by atoms with Gasteiger partial charge in [-0.1, -0.05) is 37.6 Å². The molecule has 0 aromatic heterocycles. The van der Waals surface area contributed by atoms with Crippen molar-refractivity contribution in [2.75, 3.05) is 0 Å². The summed E-state index contributed by atoms with van der Waals surface area (Å²) in [7, 11) is 0. The van der Waals surface area contributed by atoms with Crippen LogP contribution in [-0.4, -0.2) is 17.1 Å². The van der Waals surface area contributed by atoms with E-state index in [1.807, 2.05) is 0 Å². The molecule has 0 spiro atoms. The number of carbonyl (C=O) groups is 1. The van der Waals surface area contributed by atoms with Gasteiger partial charge in [-0.2, -0.15) is 0 Å². The van der Waals surface area contributed by atoms with E-state index in [2.05, 4.69) is 0 Å². The normalized spacial score (nSPS) is 13.6. The van der Waals surface area contributed by atoms with Gasteiger partial charge in [-0.05, 0) is 17.7 Å². The lowest BCUT2D eigenvalue weighted by Crippen LogP contribution is -2.46. The SMILES string of the molecule is CC(C)(c1ccc(Cl)cc1)C(N)C(=O)O. The first kappa shape index (κ1) is 12.0. The maximum Gasteiger partial charge on any atom is 0.321 e. The molecule has 82 valence electrons.